The Hall–Kier alpha value is -3.80. The molecular weight excluding hydrogens is 530 g/mol. The van der Waals surface area contributed by atoms with Crippen LogP contribution >= 0.6 is 0 Å². The molecule has 1 aliphatic rings. The number of nitrogens with zero attached hydrogens (tertiary/aromatic N) is 1. The number of benzene rings is 3. The van der Waals surface area contributed by atoms with Crippen LogP contribution in [0.5, 0.6) is 11.5 Å². The largest absolute Gasteiger partial charge is 0.491 e. The van der Waals surface area contributed by atoms with E-state index in [-0.39, 0.29) is 48.9 Å². The van der Waals surface area contributed by atoms with Gasteiger partial charge in [-0.2, -0.15) is 13.2 Å². The summed E-state index contributed by atoms with van der Waals surface area (Å²) in [5.41, 5.74) is -0.411. The van der Waals surface area contributed by atoms with Gasteiger partial charge in [-0.15, -0.1) is 0 Å². The summed E-state index contributed by atoms with van der Waals surface area (Å²) in [6.07, 6.45) is -4.47. The summed E-state index contributed by atoms with van der Waals surface area (Å²) in [5.74, 6) is -1.08. The Morgan fingerprint density at radius 3 is 2.39 bits per heavy atom. The molecular formula is C26H25F4NO6S. The number of aliphatic carboxylic acids is 1. The average molecular weight is 556 g/mol. The fourth-order valence-electron chi connectivity index (χ4n) is 3.57. The normalized spacial score (nSPS) is 13.1. The van der Waals surface area contributed by atoms with Crippen LogP contribution in [-0.4, -0.2) is 39.3 Å². The van der Waals surface area contributed by atoms with Crippen LogP contribution in [-0.2, 0) is 21.0 Å². The highest BCUT2D eigenvalue weighted by Crippen LogP contribution is 2.40. The molecule has 38 heavy (non-hydrogen) atoms. The monoisotopic (exact) mass is 555 g/mol. The lowest BCUT2D eigenvalue weighted by Gasteiger charge is -2.31. The van der Waals surface area contributed by atoms with Crippen molar-refractivity contribution in [1.82, 2.24) is 0 Å². The van der Waals surface area contributed by atoms with Crippen LogP contribution in [0.15, 0.2) is 65.6 Å². The first-order valence-corrected chi connectivity index (χ1v) is 12.9. The van der Waals surface area contributed by atoms with Crippen LogP contribution in [0, 0.1) is 5.82 Å². The molecule has 0 saturated carbocycles. The van der Waals surface area contributed by atoms with Gasteiger partial charge in [-0.05, 0) is 48.9 Å². The Kier molecular flexibility index (Phi) is 8.87. The predicted octanol–water partition coefficient (Wildman–Crippen LogP) is 5.98. The van der Waals surface area contributed by atoms with Gasteiger partial charge in [0.1, 0.15) is 12.4 Å². The van der Waals surface area contributed by atoms with E-state index in [0.717, 1.165) is 22.5 Å². The smallest absolute Gasteiger partial charge is 0.416 e. The van der Waals surface area contributed by atoms with Crippen molar-refractivity contribution >= 4 is 21.7 Å². The van der Waals surface area contributed by atoms with Crippen molar-refractivity contribution in [2.24, 2.45) is 0 Å². The van der Waals surface area contributed by atoms with E-state index < -0.39 is 38.4 Å². The van der Waals surface area contributed by atoms with Gasteiger partial charge in [0.05, 0.1) is 29.3 Å². The number of hydrogen-bond donors (Lipinski definition) is 1. The number of fused-ring (bicyclic) bond motifs is 1. The Morgan fingerprint density at radius 2 is 1.76 bits per heavy atom. The molecule has 0 fully saturated rings. The third-order valence-electron chi connectivity index (χ3n) is 5.41. The van der Waals surface area contributed by atoms with Crippen molar-refractivity contribution in [2.45, 2.75) is 31.3 Å². The standard InChI is InChI=1S/C23H19F4NO4S.C3H6O2/c1-2-31-21-8-4-7-18(22(21)24)15-9-10-20-19(13-15)28(11-12-32-20)33(29,30)17-6-3-5-16(14-17)23(25,26)27;1-2-3(4)5/h3-10,13-14H,2,11-12H2,1H3;2H2,1H3,(H,4,5). The maximum Gasteiger partial charge on any atom is 0.416 e. The number of halogens is 4. The number of carbonyl (C=O) groups is 1. The second-order valence-corrected chi connectivity index (χ2v) is 9.79. The molecule has 0 spiro atoms. The number of ether oxygens (including phenoxy) is 2. The van der Waals surface area contributed by atoms with Crippen molar-refractivity contribution in [3.63, 3.8) is 0 Å². The summed E-state index contributed by atoms with van der Waals surface area (Å²) in [6, 6.07) is 12.7. The fraction of sp³-hybridized carbons (Fsp3) is 0.269. The quantitative estimate of drug-likeness (QED) is 0.376. The van der Waals surface area contributed by atoms with Crippen LogP contribution < -0.4 is 13.8 Å². The summed E-state index contributed by atoms with van der Waals surface area (Å²) in [6.45, 7) is 3.48. The first-order valence-electron chi connectivity index (χ1n) is 11.5. The highest BCUT2D eigenvalue weighted by atomic mass is 32.2. The second-order valence-electron chi connectivity index (χ2n) is 7.93. The van der Waals surface area contributed by atoms with Crippen molar-refractivity contribution in [2.75, 3.05) is 24.1 Å². The Balaban J connectivity index is 0.000000732. The zero-order chi connectivity index (χ0) is 28.1. The van der Waals surface area contributed by atoms with Gasteiger partial charge >= 0.3 is 12.1 Å². The number of anilines is 1. The molecule has 12 heteroatoms. The Morgan fingerprint density at radius 1 is 1.08 bits per heavy atom. The minimum atomic E-state index is -4.69. The molecule has 3 aromatic carbocycles. The zero-order valence-corrected chi connectivity index (χ0v) is 21.3. The van der Waals surface area contributed by atoms with Gasteiger partial charge in [0.25, 0.3) is 10.0 Å². The number of carboxylic acid groups (broad SMARTS) is 1. The lowest BCUT2D eigenvalue weighted by Crippen LogP contribution is -2.38. The third-order valence-corrected chi connectivity index (χ3v) is 7.21. The molecule has 0 bridgehead atoms. The van der Waals surface area contributed by atoms with E-state index >= 15 is 0 Å². The highest BCUT2D eigenvalue weighted by molar-refractivity contribution is 7.92. The van der Waals surface area contributed by atoms with E-state index in [9.17, 15) is 30.8 Å². The fourth-order valence-corrected chi connectivity index (χ4v) is 5.07. The summed E-state index contributed by atoms with van der Waals surface area (Å²) < 4.78 is 92.7. The lowest BCUT2D eigenvalue weighted by molar-refractivity contribution is -0.138. The predicted molar refractivity (Wildman–Crippen MR) is 132 cm³/mol. The average Bonchev–Trinajstić information content (AvgIpc) is 2.89. The Bertz CT molecular complexity index is 1410. The molecule has 0 aliphatic carbocycles. The van der Waals surface area contributed by atoms with Gasteiger partial charge in [-0.25, -0.2) is 12.8 Å². The number of rotatable bonds is 6. The summed E-state index contributed by atoms with van der Waals surface area (Å²) in [4.78, 5) is 8.87. The highest BCUT2D eigenvalue weighted by Gasteiger charge is 2.35. The number of sulfonamides is 1. The minimum absolute atomic E-state index is 0.0126. The van der Waals surface area contributed by atoms with E-state index in [2.05, 4.69) is 0 Å². The minimum Gasteiger partial charge on any atom is -0.491 e. The molecule has 0 atom stereocenters. The molecule has 7 nitrogen and oxygen atoms in total. The molecule has 204 valence electrons. The van der Waals surface area contributed by atoms with E-state index in [1.54, 1.807) is 26.0 Å². The van der Waals surface area contributed by atoms with Crippen LogP contribution in [0.1, 0.15) is 25.8 Å². The molecule has 0 radical (unpaired) electrons. The lowest BCUT2D eigenvalue weighted by atomic mass is 10.0. The van der Waals surface area contributed by atoms with Gasteiger partial charge < -0.3 is 14.6 Å². The van der Waals surface area contributed by atoms with E-state index in [1.807, 2.05) is 0 Å². The molecule has 1 heterocycles. The number of alkyl halides is 3. The molecule has 4 rings (SSSR count). The third kappa shape index (κ3) is 6.36. The van der Waals surface area contributed by atoms with E-state index in [4.69, 9.17) is 14.6 Å². The number of hydrogen-bond acceptors (Lipinski definition) is 5. The molecule has 0 aromatic heterocycles. The van der Waals surface area contributed by atoms with Crippen LogP contribution in [0.4, 0.5) is 23.2 Å². The topological polar surface area (TPSA) is 93.1 Å². The zero-order valence-electron chi connectivity index (χ0n) is 20.5. The first-order chi connectivity index (χ1) is 17.9. The second kappa shape index (κ2) is 11.7. The van der Waals surface area contributed by atoms with Gasteiger partial charge in [0.15, 0.2) is 11.6 Å². The number of carboxylic acids is 1. The van der Waals surface area contributed by atoms with Crippen molar-refractivity contribution in [1.29, 1.82) is 0 Å². The molecule has 0 unspecified atom stereocenters. The van der Waals surface area contributed by atoms with Crippen molar-refractivity contribution < 1.29 is 45.4 Å². The summed E-state index contributed by atoms with van der Waals surface area (Å²) >= 11 is 0. The van der Waals surface area contributed by atoms with Crippen LogP contribution in [0.2, 0.25) is 0 Å². The van der Waals surface area contributed by atoms with E-state index in [0.29, 0.717) is 11.6 Å². The molecule has 0 amide bonds. The van der Waals surface area contributed by atoms with Gasteiger partial charge in [-0.3, -0.25) is 9.10 Å². The van der Waals surface area contributed by atoms with Gasteiger partial charge in [0.2, 0.25) is 0 Å². The van der Waals surface area contributed by atoms with Gasteiger partial charge in [0, 0.05) is 12.0 Å². The van der Waals surface area contributed by atoms with Crippen molar-refractivity contribution in [3.05, 3.63) is 72.0 Å². The summed E-state index contributed by atoms with van der Waals surface area (Å²) in [7, 11) is -4.35. The molecule has 1 aliphatic heterocycles. The molecule has 1 N–H and O–H groups in total. The maximum absolute atomic E-state index is 14.9. The summed E-state index contributed by atoms with van der Waals surface area (Å²) in [5, 5.41) is 7.72. The van der Waals surface area contributed by atoms with Crippen LogP contribution in [0.25, 0.3) is 11.1 Å². The van der Waals surface area contributed by atoms with E-state index in [1.165, 1.54) is 24.3 Å². The maximum atomic E-state index is 14.9. The van der Waals surface area contributed by atoms with Crippen molar-refractivity contribution in [3.8, 4) is 22.6 Å². The van der Waals surface area contributed by atoms with Crippen LogP contribution in [0.3, 0.4) is 0 Å². The first kappa shape index (κ1) is 28.8. The molecule has 0 saturated heterocycles. The SMILES string of the molecule is CCC(=O)O.CCOc1cccc(-c2ccc3c(c2)N(S(=O)(=O)c2cccc(C(F)(F)F)c2)CCO3)c1F. The Labute approximate surface area is 217 Å². The van der Waals surface area contributed by atoms with Gasteiger partial charge in [-0.1, -0.05) is 31.2 Å². The molecule has 3 aromatic rings.